The molecule has 1 atom stereocenters. The van der Waals surface area contributed by atoms with Crippen molar-refractivity contribution < 1.29 is 18.8 Å². The van der Waals surface area contributed by atoms with Crippen molar-refractivity contribution >= 4 is 11.8 Å². The number of hydrogen-bond donors (Lipinski definition) is 3. The van der Waals surface area contributed by atoms with Crippen molar-refractivity contribution in [3.63, 3.8) is 0 Å². The molecule has 1 heterocycles. The van der Waals surface area contributed by atoms with Gasteiger partial charge in [-0.1, -0.05) is 23.4 Å². The van der Waals surface area contributed by atoms with Gasteiger partial charge in [0.1, 0.15) is 11.6 Å². The molecule has 0 unspecified atom stereocenters. The van der Waals surface area contributed by atoms with Crippen molar-refractivity contribution in [1.29, 1.82) is 0 Å². The Morgan fingerprint density at radius 2 is 2.25 bits per heavy atom. The van der Waals surface area contributed by atoms with Crippen molar-refractivity contribution in [2.45, 2.75) is 13.0 Å². The molecule has 0 aliphatic heterocycles. The van der Waals surface area contributed by atoms with Crippen molar-refractivity contribution in [3.8, 4) is 0 Å². The number of amides is 2. The van der Waals surface area contributed by atoms with Gasteiger partial charge in [0.15, 0.2) is 5.82 Å². The number of benzene rings is 1. The van der Waals surface area contributed by atoms with Crippen LogP contribution in [0.4, 0.5) is 15.0 Å². The summed E-state index contributed by atoms with van der Waals surface area (Å²) < 4.78 is 18.2. The van der Waals surface area contributed by atoms with E-state index in [1.54, 1.807) is 19.1 Å². The van der Waals surface area contributed by atoms with Crippen LogP contribution >= 0.6 is 0 Å². The average Bonchev–Trinajstić information content (AvgIpc) is 2.82. The molecule has 0 spiro atoms. The summed E-state index contributed by atoms with van der Waals surface area (Å²) in [6, 6.07) is 6.83. The minimum Gasteiger partial charge on any atom is -0.386 e. The van der Waals surface area contributed by atoms with Crippen LogP contribution in [-0.2, 0) is 0 Å². The molecule has 2 amide bonds. The molecule has 1 aromatic heterocycles. The molecule has 0 aliphatic carbocycles. The van der Waals surface area contributed by atoms with Crippen LogP contribution in [0.5, 0.6) is 0 Å². The van der Waals surface area contributed by atoms with Gasteiger partial charge in [-0.2, -0.15) is 0 Å². The van der Waals surface area contributed by atoms with Crippen LogP contribution in [0.2, 0.25) is 0 Å². The molecule has 0 radical (unpaired) electrons. The number of carbonyl (C=O) groups is 1. The zero-order valence-electron chi connectivity index (χ0n) is 10.8. The number of urea groups is 1. The zero-order chi connectivity index (χ0) is 14.5. The second-order valence-corrected chi connectivity index (χ2v) is 4.20. The van der Waals surface area contributed by atoms with Gasteiger partial charge in [-0.3, -0.25) is 5.32 Å². The van der Waals surface area contributed by atoms with Crippen LogP contribution in [0.1, 0.15) is 17.4 Å². The molecular weight excluding hydrogens is 265 g/mol. The third kappa shape index (κ3) is 3.55. The zero-order valence-corrected chi connectivity index (χ0v) is 10.8. The van der Waals surface area contributed by atoms with Crippen LogP contribution in [-0.4, -0.2) is 22.8 Å². The summed E-state index contributed by atoms with van der Waals surface area (Å²) in [7, 11) is 0. The summed E-state index contributed by atoms with van der Waals surface area (Å²) in [5, 5.41) is 18.2. The number of carbonyl (C=O) groups excluding carboxylic acids is 1. The van der Waals surface area contributed by atoms with Crippen LogP contribution in [0.25, 0.3) is 0 Å². The Kier molecular flexibility index (Phi) is 4.31. The number of aliphatic hydroxyl groups excluding tert-OH is 1. The first-order chi connectivity index (χ1) is 9.56. The fourth-order valence-electron chi connectivity index (χ4n) is 1.63. The van der Waals surface area contributed by atoms with Crippen LogP contribution in [0, 0.1) is 12.7 Å². The van der Waals surface area contributed by atoms with E-state index in [1.807, 2.05) is 0 Å². The molecule has 6 nitrogen and oxygen atoms in total. The molecule has 0 aliphatic rings. The molecule has 0 bridgehead atoms. The van der Waals surface area contributed by atoms with Gasteiger partial charge in [0.25, 0.3) is 0 Å². The number of anilines is 1. The van der Waals surface area contributed by atoms with E-state index in [2.05, 4.69) is 15.8 Å². The third-order valence-corrected chi connectivity index (χ3v) is 2.59. The highest BCUT2D eigenvalue weighted by atomic mass is 19.1. The second-order valence-electron chi connectivity index (χ2n) is 4.20. The maximum Gasteiger partial charge on any atom is 0.320 e. The third-order valence-electron chi connectivity index (χ3n) is 2.59. The normalized spacial score (nSPS) is 11.9. The molecule has 7 heteroatoms. The summed E-state index contributed by atoms with van der Waals surface area (Å²) in [6.45, 7) is 1.57. The lowest BCUT2D eigenvalue weighted by atomic mass is 10.1. The van der Waals surface area contributed by atoms with E-state index >= 15 is 0 Å². The molecule has 20 heavy (non-hydrogen) atoms. The van der Waals surface area contributed by atoms with Gasteiger partial charge in [0.2, 0.25) is 0 Å². The maximum absolute atomic E-state index is 13.4. The molecule has 3 N–H and O–H groups in total. The Bertz CT molecular complexity index is 600. The lowest BCUT2D eigenvalue weighted by Gasteiger charge is -2.12. The molecule has 106 valence electrons. The molecule has 2 aromatic rings. The molecule has 1 aromatic carbocycles. The second kappa shape index (κ2) is 6.16. The highest BCUT2D eigenvalue weighted by Crippen LogP contribution is 2.15. The first-order valence-corrected chi connectivity index (χ1v) is 5.97. The van der Waals surface area contributed by atoms with E-state index < -0.39 is 18.0 Å². The molecular formula is C13H14FN3O3. The van der Waals surface area contributed by atoms with Gasteiger partial charge in [-0.15, -0.1) is 0 Å². The highest BCUT2D eigenvalue weighted by Gasteiger charge is 2.13. The van der Waals surface area contributed by atoms with Crippen molar-refractivity contribution in [3.05, 3.63) is 47.5 Å². The van der Waals surface area contributed by atoms with Crippen molar-refractivity contribution in [1.82, 2.24) is 10.5 Å². The number of aromatic nitrogens is 1. The van der Waals surface area contributed by atoms with E-state index in [9.17, 15) is 14.3 Å². The number of nitrogens with zero attached hydrogens (tertiary/aromatic N) is 1. The smallest absolute Gasteiger partial charge is 0.320 e. The summed E-state index contributed by atoms with van der Waals surface area (Å²) in [5.74, 6) is 0.307. The number of nitrogens with one attached hydrogen (secondary N) is 2. The predicted octanol–water partition coefficient (Wildman–Crippen LogP) is 1.98. The summed E-state index contributed by atoms with van der Waals surface area (Å²) in [4.78, 5) is 11.5. The van der Waals surface area contributed by atoms with E-state index in [0.29, 0.717) is 5.76 Å². The van der Waals surface area contributed by atoms with Gasteiger partial charge in [-0.25, -0.2) is 9.18 Å². The molecule has 0 saturated heterocycles. The largest absolute Gasteiger partial charge is 0.386 e. The number of halogens is 1. The molecule has 0 saturated carbocycles. The van der Waals surface area contributed by atoms with Crippen LogP contribution < -0.4 is 10.6 Å². The lowest BCUT2D eigenvalue weighted by Crippen LogP contribution is -2.32. The van der Waals surface area contributed by atoms with E-state index in [0.717, 1.165) is 0 Å². The summed E-state index contributed by atoms with van der Waals surface area (Å²) >= 11 is 0. The minimum atomic E-state index is -1.12. The number of aliphatic hydroxyl groups is 1. The first-order valence-electron chi connectivity index (χ1n) is 5.97. The van der Waals surface area contributed by atoms with E-state index in [4.69, 9.17) is 4.52 Å². The van der Waals surface area contributed by atoms with Gasteiger partial charge >= 0.3 is 6.03 Å². The Labute approximate surface area is 114 Å². The van der Waals surface area contributed by atoms with Crippen molar-refractivity contribution in [2.75, 3.05) is 11.9 Å². The van der Waals surface area contributed by atoms with Crippen molar-refractivity contribution in [2.24, 2.45) is 0 Å². The highest BCUT2D eigenvalue weighted by molar-refractivity contribution is 5.88. The topological polar surface area (TPSA) is 87.4 Å². The first kappa shape index (κ1) is 14.0. The van der Waals surface area contributed by atoms with Gasteiger partial charge in [-0.05, 0) is 13.0 Å². The Morgan fingerprint density at radius 3 is 2.90 bits per heavy atom. The number of aryl methyl sites for hydroxylation is 1. The minimum absolute atomic E-state index is 0.121. The van der Waals surface area contributed by atoms with Gasteiger partial charge < -0.3 is 14.9 Å². The van der Waals surface area contributed by atoms with E-state index in [1.165, 1.54) is 18.2 Å². The van der Waals surface area contributed by atoms with Gasteiger partial charge in [0.05, 0.1) is 6.10 Å². The standard InChI is InChI=1S/C13H14FN3O3/c1-8-6-12(17-20-8)16-13(19)15-7-11(18)9-4-2-3-5-10(9)14/h2-6,11,18H,7H2,1H3,(H2,15,16,17,19)/t11-/m0/s1. The maximum atomic E-state index is 13.4. The predicted molar refractivity (Wildman–Crippen MR) is 69.6 cm³/mol. The van der Waals surface area contributed by atoms with Gasteiger partial charge in [0, 0.05) is 18.2 Å². The van der Waals surface area contributed by atoms with E-state index in [-0.39, 0.29) is 17.9 Å². The SMILES string of the molecule is Cc1cc(NC(=O)NC[C@H](O)c2ccccc2F)no1. The van der Waals surface area contributed by atoms with Crippen LogP contribution in [0.3, 0.4) is 0 Å². The quantitative estimate of drug-likeness (QED) is 0.798. The number of hydrogen-bond acceptors (Lipinski definition) is 4. The summed E-state index contributed by atoms with van der Waals surface area (Å²) in [5.41, 5.74) is 0.130. The van der Waals surface area contributed by atoms with Crippen LogP contribution in [0.15, 0.2) is 34.9 Å². The molecule has 0 fully saturated rings. The Hall–Kier alpha value is -2.41. The molecule has 2 rings (SSSR count). The average molecular weight is 279 g/mol. The Morgan fingerprint density at radius 1 is 1.50 bits per heavy atom. The number of rotatable bonds is 4. The fraction of sp³-hybridized carbons (Fsp3) is 0.231. The lowest BCUT2D eigenvalue weighted by molar-refractivity contribution is 0.170. The summed E-state index contributed by atoms with van der Waals surface area (Å²) in [6.07, 6.45) is -1.12. The fourth-order valence-corrected chi connectivity index (χ4v) is 1.63. The Balaban J connectivity index is 1.85. The monoisotopic (exact) mass is 279 g/mol.